The molecule has 0 unspecified atom stereocenters. The lowest BCUT2D eigenvalue weighted by Crippen LogP contribution is -2.54. The topological polar surface area (TPSA) is 125 Å². The summed E-state index contributed by atoms with van der Waals surface area (Å²) in [5.74, 6) is -1.79. The molecule has 0 bridgehead atoms. The van der Waals surface area contributed by atoms with Gasteiger partial charge in [-0.25, -0.2) is 4.79 Å². The van der Waals surface area contributed by atoms with Crippen LogP contribution >= 0.6 is 0 Å². The molecule has 128 valence electrons. The summed E-state index contributed by atoms with van der Waals surface area (Å²) in [4.78, 5) is 25.3. The van der Waals surface area contributed by atoms with Gasteiger partial charge >= 0.3 is 13.1 Å². The van der Waals surface area contributed by atoms with Crippen LogP contribution in [0.4, 0.5) is 0 Å². The van der Waals surface area contributed by atoms with Crippen molar-refractivity contribution < 1.29 is 24.4 Å². The van der Waals surface area contributed by atoms with Crippen molar-refractivity contribution in [3.05, 3.63) is 29.3 Å². The third-order valence-electron chi connectivity index (χ3n) is 4.37. The summed E-state index contributed by atoms with van der Waals surface area (Å²) >= 11 is 0. The molecule has 0 spiro atoms. The number of rotatable bonds is 4. The molecule has 0 saturated carbocycles. The fraction of sp³-hybridized carbons (Fsp3) is 0.467. The maximum Gasteiger partial charge on any atom is 0.547 e. The first-order chi connectivity index (χ1) is 11.4. The zero-order chi connectivity index (χ0) is 17.3. The number of hydrogen-bond acceptors (Lipinski definition) is 6. The van der Waals surface area contributed by atoms with Crippen molar-refractivity contribution in [2.45, 2.75) is 24.8 Å². The Hall–Kier alpha value is -2.10. The van der Waals surface area contributed by atoms with Gasteiger partial charge < -0.3 is 25.8 Å². The predicted octanol–water partition coefficient (Wildman–Crippen LogP) is -1.14. The third kappa shape index (κ3) is 3.53. The smallest absolute Gasteiger partial charge is 0.534 e. The van der Waals surface area contributed by atoms with Crippen molar-refractivity contribution in [1.82, 2.24) is 10.2 Å². The highest BCUT2D eigenvalue weighted by atomic mass is 16.5. The largest absolute Gasteiger partial charge is 0.547 e. The molecular weight excluding hydrogens is 313 g/mol. The fourth-order valence-electron chi connectivity index (χ4n) is 3.18. The van der Waals surface area contributed by atoms with E-state index in [1.54, 1.807) is 12.1 Å². The predicted molar refractivity (Wildman–Crippen MR) is 86.7 cm³/mol. The Bertz CT molecular complexity index is 656. The van der Waals surface area contributed by atoms with Crippen LogP contribution in [-0.2, 0) is 11.2 Å². The number of aromatic carboxylic acids is 1. The van der Waals surface area contributed by atoms with Gasteiger partial charge in [0.1, 0.15) is 5.75 Å². The third-order valence-corrected chi connectivity index (χ3v) is 4.37. The van der Waals surface area contributed by atoms with E-state index in [1.165, 1.54) is 6.07 Å². The van der Waals surface area contributed by atoms with Gasteiger partial charge in [0.2, 0.25) is 5.91 Å². The molecule has 1 fully saturated rings. The highest BCUT2D eigenvalue weighted by Gasteiger charge is 2.38. The molecule has 0 aromatic heterocycles. The maximum absolute atomic E-state index is 12.2. The minimum absolute atomic E-state index is 0.00220. The van der Waals surface area contributed by atoms with Gasteiger partial charge in [0, 0.05) is 19.1 Å². The average molecular weight is 333 g/mol. The van der Waals surface area contributed by atoms with E-state index in [4.69, 9.17) is 10.4 Å². The monoisotopic (exact) mass is 333 g/mol. The van der Waals surface area contributed by atoms with Crippen LogP contribution in [0.15, 0.2) is 18.2 Å². The number of hydrogen-bond donors (Lipinski definition) is 4. The number of fused-ring (bicyclic) bond motifs is 1. The molecule has 3 rings (SSSR count). The quantitative estimate of drug-likeness (QED) is 0.513. The molecule has 2 atom stereocenters. The van der Waals surface area contributed by atoms with Crippen LogP contribution in [0.5, 0.6) is 5.75 Å². The minimum Gasteiger partial charge on any atom is -0.534 e. The van der Waals surface area contributed by atoms with Gasteiger partial charge in [0.05, 0.1) is 18.0 Å². The van der Waals surface area contributed by atoms with E-state index < -0.39 is 19.0 Å². The van der Waals surface area contributed by atoms with Crippen molar-refractivity contribution in [2.75, 3.05) is 19.6 Å². The number of carboxylic acid groups (broad SMARTS) is 1. The van der Waals surface area contributed by atoms with E-state index in [0.29, 0.717) is 18.5 Å². The van der Waals surface area contributed by atoms with Gasteiger partial charge in [-0.2, -0.15) is 0 Å². The molecule has 9 heteroatoms. The van der Waals surface area contributed by atoms with E-state index in [9.17, 15) is 19.7 Å². The number of nitrogens with zero attached hydrogens (tertiary/aromatic N) is 1. The Balaban J connectivity index is 1.65. The van der Waals surface area contributed by atoms with Crippen molar-refractivity contribution in [2.24, 2.45) is 5.73 Å². The van der Waals surface area contributed by atoms with Gasteiger partial charge in [-0.05, 0) is 24.5 Å². The average Bonchev–Trinajstić information content (AvgIpc) is 2.92. The summed E-state index contributed by atoms with van der Waals surface area (Å²) in [7, 11) is -1.29. The zero-order valence-corrected chi connectivity index (χ0v) is 13.1. The van der Waals surface area contributed by atoms with E-state index in [0.717, 1.165) is 13.0 Å². The first-order valence-electron chi connectivity index (χ1n) is 7.91. The van der Waals surface area contributed by atoms with Gasteiger partial charge in [-0.15, -0.1) is 0 Å². The highest BCUT2D eigenvalue weighted by molar-refractivity contribution is 6.47. The van der Waals surface area contributed by atoms with Crippen LogP contribution < -0.4 is 15.7 Å². The maximum atomic E-state index is 12.2. The van der Waals surface area contributed by atoms with Crippen molar-refractivity contribution >= 4 is 19.0 Å². The van der Waals surface area contributed by atoms with Crippen LogP contribution in [0.2, 0.25) is 0 Å². The summed E-state index contributed by atoms with van der Waals surface area (Å²) in [6, 6.07) is 4.87. The minimum atomic E-state index is -1.29. The second-order valence-electron chi connectivity index (χ2n) is 6.27. The number of carbonyl (C=O) groups is 2. The number of carboxylic acids is 1. The Morgan fingerprint density at radius 3 is 2.92 bits per heavy atom. The fourth-order valence-corrected chi connectivity index (χ4v) is 3.18. The standard InChI is InChI=1S/C15H20BN3O5/c17-10-4-5-19(7-10)8-13(20)18-12-6-9-2-1-3-11(15(21)22)14(9)24-16(12)23/h1-3,10,12,23H,4-8,17H2,(H,18,20)(H,21,22)/t10-,12-/m0/s1. The lowest BCUT2D eigenvalue weighted by Gasteiger charge is -2.29. The summed E-state index contributed by atoms with van der Waals surface area (Å²) in [6.45, 7) is 1.68. The second-order valence-corrected chi connectivity index (χ2v) is 6.27. The molecule has 0 aliphatic carbocycles. The molecular formula is C15H20BN3O5. The van der Waals surface area contributed by atoms with E-state index in [2.05, 4.69) is 5.32 Å². The number of carbonyl (C=O) groups excluding carboxylic acids is 1. The summed E-state index contributed by atoms with van der Waals surface area (Å²) in [6.07, 6.45) is 1.18. The molecule has 5 N–H and O–H groups in total. The van der Waals surface area contributed by atoms with Gasteiger partial charge in [-0.1, -0.05) is 12.1 Å². The Labute approximate surface area is 139 Å². The van der Waals surface area contributed by atoms with Crippen LogP contribution in [0, 0.1) is 0 Å². The summed E-state index contributed by atoms with van der Waals surface area (Å²) < 4.78 is 5.35. The first kappa shape index (κ1) is 16.8. The molecule has 2 heterocycles. The number of para-hydroxylation sites is 1. The number of benzene rings is 1. The van der Waals surface area contributed by atoms with Gasteiger partial charge in [0.15, 0.2) is 0 Å². The number of nitrogens with one attached hydrogen (secondary N) is 1. The van der Waals surface area contributed by atoms with Crippen molar-refractivity contribution in [1.29, 1.82) is 0 Å². The highest BCUT2D eigenvalue weighted by Crippen LogP contribution is 2.30. The summed E-state index contributed by atoms with van der Waals surface area (Å²) in [5, 5.41) is 22.0. The Morgan fingerprint density at radius 1 is 1.46 bits per heavy atom. The second kappa shape index (κ2) is 6.80. The lowest BCUT2D eigenvalue weighted by atomic mass is 9.72. The number of amides is 1. The van der Waals surface area contributed by atoms with Crippen LogP contribution in [-0.4, -0.2) is 65.6 Å². The Kier molecular flexibility index (Phi) is 4.75. The number of nitrogens with two attached hydrogens (primary N) is 1. The van der Waals surface area contributed by atoms with E-state index in [1.807, 2.05) is 4.90 Å². The SMILES string of the molecule is N[C@H]1CCN(CC(=O)N[C@H]2Cc3cccc(C(=O)O)c3OB2O)C1. The number of likely N-dealkylation sites (tertiary alicyclic amines) is 1. The first-order valence-corrected chi connectivity index (χ1v) is 7.91. The lowest BCUT2D eigenvalue weighted by molar-refractivity contribution is -0.122. The molecule has 8 nitrogen and oxygen atoms in total. The van der Waals surface area contributed by atoms with E-state index >= 15 is 0 Å². The molecule has 0 radical (unpaired) electrons. The van der Waals surface area contributed by atoms with Gasteiger partial charge in [0.25, 0.3) is 0 Å². The Morgan fingerprint density at radius 2 is 2.25 bits per heavy atom. The van der Waals surface area contributed by atoms with E-state index in [-0.39, 0.29) is 29.8 Å². The molecule has 1 saturated heterocycles. The van der Waals surface area contributed by atoms with Gasteiger partial charge in [-0.3, -0.25) is 9.69 Å². The molecule has 1 aromatic rings. The van der Waals surface area contributed by atoms with Crippen LogP contribution in [0.1, 0.15) is 22.3 Å². The van der Waals surface area contributed by atoms with Crippen LogP contribution in [0.3, 0.4) is 0 Å². The van der Waals surface area contributed by atoms with Crippen molar-refractivity contribution in [3.8, 4) is 5.75 Å². The normalized spacial score (nSPS) is 23.5. The molecule has 1 amide bonds. The van der Waals surface area contributed by atoms with Crippen molar-refractivity contribution in [3.63, 3.8) is 0 Å². The zero-order valence-electron chi connectivity index (χ0n) is 13.1. The summed E-state index contributed by atoms with van der Waals surface area (Å²) in [5.41, 5.74) is 6.47. The molecule has 2 aliphatic rings. The molecule has 2 aliphatic heterocycles. The van der Waals surface area contributed by atoms with Crippen LogP contribution in [0.25, 0.3) is 0 Å². The molecule has 1 aromatic carbocycles. The molecule has 24 heavy (non-hydrogen) atoms.